The summed E-state index contributed by atoms with van der Waals surface area (Å²) in [7, 11) is 0. The molecule has 1 aliphatic heterocycles. The van der Waals surface area contributed by atoms with Crippen LogP contribution in [0.4, 0.5) is 4.79 Å². The van der Waals surface area contributed by atoms with Gasteiger partial charge in [0.05, 0.1) is 6.61 Å². The number of piperidine rings is 1. The van der Waals surface area contributed by atoms with E-state index in [1.807, 2.05) is 6.08 Å². The quantitative estimate of drug-likeness (QED) is 0.674. The molecule has 0 spiro atoms. The number of likely N-dealkylation sites (tertiary alicyclic amines) is 1. The molecule has 0 aromatic rings. The van der Waals surface area contributed by atoms with Crippen LogP contribution in [0.15, 0.2) is 12.2 Å². The zero-order chi connectivity index (χ0) is 10.4. The van der Waals surface area contributed by atoms with E-state index in [1.165, 1.54) is 4.90 Å². The summed E-state index contributed by atoms with van der Waals surface area (Å²) in [5.41, 5.74) is 0. The summed E-state index contributed by atoms with van der Waals surface area (Å²) in [6, 6.07) is 0. The van der Waals surface area contributed by atoms with Crippen molar-refractivity contribution in [3.8, 4) is 0 Å². The Hall–Kier alpha value is -1.03. The second-order valence-electron chi connectivity index (χ2n) is 3.60. The van der Waals surface area contributed by atoms with Gasteiger partial charge in [0.1, 0.15) is 0 Å². The van der Waals surface area contributed by atoms with Gasteiger partial charge in [0.15, 0.2) is 0 Å². The van der Waals surface area contributed by atoms with Crippen LogP contribution in [-0.4, -0.2) is 40.9 Å². The van der Waals surface area contributed by atoms with Crippen LogP contribution in [0.3, 0.4) is 0 Å². The molecule has 0 aromatic carbocycles. The molecule has 1 heterocycles. The number of nitrogens with zero attached hydrogens (tertiary/aromatic N) is 1. The molecule has 0 unspecified atom stereocenters. The molecule has 80 valence electrons. The van der Waals surface area contributed by atoms with Crippen molar-refractivity contribution < 1.29 is 15.0 Å². The van der Waals surface area contributed by atoms with Crippen LogP contribution >= 0.6 is 0 Å². The highest BCUT2D eigenvalue weighted by molar-refractivity contribution is 5.64. The van der Waals surface area contributed by atoms with Gasteiger partial charge in [0, 0.05) is 13.1 Å². The maximum absolute atomic E-state index is 10.6. The summed E-state index contributed by atoms with van der Waals surface area (Å²) in [5, 5.41) is 17.3. The number of aliphatic hydroxyl groups excluding tert-OH is 1. The van der Waals surface area contributed by atoms with Crippen LogP contribution < -0.4 is 0 Å². The van der Waals surface area contributed by atoms with Gasteiger partial charge in [-0.05, 0) is 25.2 Å². The number of carboxylic acid groups (broad SMARTS) is 1. The number of rotatable bonds is 3. The van der Waals surface area contributed by atoms with Crippen molar-refractivity contribution in [2.24, 2.45) is 5.92 Å². The summed E-state index contributed by atoms with van der Waals surface area (Å²) < 4.78 is 0. The van der Waals surface area contributed by atoms with E-state index in [2.05, 4.69) is 0 Å². The third kappa shape index (κ3) is 3.38. The van der Waals surface area contributed by atoms with Crippen LogP contribution in [0, 0.1) is 5.92 Å². The molecule has 4 heteroatoms. The van der Waals surface area contributed by atoms with Crippen LogP contribution in [0.2, 0.25) is 0 Å². The first kappa shape index (κ1) is 11.0. The van der Waals surface area contributed by atoms with E-state index in [9.17, 15) is 4.79 Å². The fourth-order valence-electron chi connectivity index (χ4n) is 1.72. The molecule has 1 rings (SSSR count). The van der Waals surface area contributed by atoms with Gasteiger partial charge in [-0.15, -0.1) is 0 Å². The summed E-state index contributed by atoms with van der Waals surface area (Å²) >= 11 is 0. The molecule has 0 aromatic heterocycles. The minimum absolute atomic E-state index is 0.0912. The van der Waals surface area contributed by atoms with Crippen LogP contribution in [-0.2, 0) is 0 Å². The van der Waals surface area contributed by atoms with E-state index in [4.69, 9.17) is 10.2 Å². The van der Waals surface area contributed by atoms with Crippen LogP contribution in [0.1, 0.15) is 19.3 Å². The van der Waals surface area contributed by atoms with E-state index in [1.54, 1.807) is 6.08 Å². The van der Waals surface area contributed by atoms with E-state index >= 15 is 0 Å². The van der Waals surface area contributed by atoms with E-state index in [-0.39, 0.29) is 6.61 Å². The molecule has 0 bridgehead atoms. The van der Waals surface area contributed by atoms with Gasteiger partial charge in [0.25, 0.3) is 0 Å². The first-order valence-electron chi connectivity index (χ1n) is 4.97. The summed E-state index contributed by atoms with van der Waals surface area (Å²) in [4.78, 5) is 12.1. The molecular weight excluding hydrogens is 182 g/mol. The average molecular weight is 199 g/mol. The molecule has 4 nitrogen and oxygen atoms in total. The molecule has 1 aliphatic rings. The lowest BCUT2D eigenvalue weighted by Gasteiger charge is -2.29. The van der Waals surface area contributed by atoms with Gasteiger partial charge in [-0.2, -0.15) is 0 Å². The maximum atomic E-state index is 10.6. The molecule has 0 aliphatic carbocycles. The third-order valence-corrected chi connectivity index (χ3v) is 2.63. The predicted octanol–water partition coefficient (Wildman–Crippen LogP) is 1.31. The largest absolute Gasteiger partial charge is 0.465 e. The van der Waals surface area contributed by atoms with E-state index in [0.717, 1.165) is 19.3 Å². The lowest BCUT2D eigenvalue weighted by atomic mass is 9.94. The van der Waals surface area contributed by atoms with E-state index in [0.29, 0.717) is 19.0 Å². The average Bonchev–Trinajstić information content (AvgIpc) is 2.19. The molecule has 0 radical (unpaired) electrons. The highest BCUT2D eigenvalue weighted by atomic mass is 16.4. The molecule has 1 amide bonds. The topological polar surface area (TPSA) is 60.8 Å². The number of allylic oxidation sites excluding steroid dienone is 1. The maximum Gasteiger partial charge on any atom is 0.407 e. The molecule has 14 heavy (non-hydrogen) atoms. The molecule has 2 N–H and O–H groups in total. The van der Waals surface area contributed by atoms with Crippen molar-refractivity contribution in [1.29, 1.82) is 0 Å². The minimum Gasteiger partial charge on any atom is -0.465 e. The van der Waals surface area contributed by atoms with Crippen molar-refractivity contribution >= 4 is 6.09 Å². The van der Waals surface area contributed by atoms with Crippen LogP contribution in [0.5, 0.6) is 0 Å². The number of aliphatic hydroxyl groups is 1. The Morgan fingerprint density at radius 1 is 1.36 bits per heavy atom. The Morgan fingerprint density at radius 2 is 2.00 bits per heavy atom. The summed E-state index contributed by atoms with van der Waals surface area (Å²) in [6.07, 6.45) is 5.72. The van der Waals surface area contributed by atoms with Gasteiger partial charge in [-0.3, -0.25) is 0 Å². The fraction of sp³-hybridized carbons (Fsp3) is 0.700. The highest BCUT2D eigenvalue weighted by Gasteiger charge is 2.20. The lowest BCUT2D eigenvalue weighted by Crippen LogP contribution is -2.37. The number of hydrogen-bond donors (Lipinski definition) is 2. The SMILES string of the molecule is O=C(O)N1CCC(C/C=C\CO)CC1. The Morgan fingerprint density at radius 3 is 2.50 bits per heavy atom. The van der Waals surface area contributed by atoms with E-state index < -0.39 is 6.09 Å². The van der Waals surface area contributed by atoms with Crippen molar-refractivity contribution in [1.82, 2.24) is 4.90 Å². The normalized spacial score (nSPS) is 19.1. The summed E-state index contributed by atoms with van der Waals surface area (Å²) in [6.45, 7) is 1.38. The van der Waals surface area contributed by atoms with Gasteiger partial charge in [-0.25, -0.2) is 4.79 Å². The van der Waals surface area contributed by atoms with Crippen LogP contribution in [0.25, 0.3) is 0 Å². The van der Waals surface area contributed by atoms with Gasteiger partial charge < -0.3 is 15.1 Å². The fourth-order valence-corrected chi connectivity index (χ4v) is 1.72. The zero-order valence-corrected chi connectivity index (χ0v) is 8.22. The summed E-state index contributed by atoms with van der Waals surface area (Å²) in [5.74, 6) is 0.577. The first-order valence-corrected chi connectivity index (χ1v) is 4.97. The van der Waals surface area contributed by atoms with Gasteiger partial charge >= 0.3 is 6.09 Å². The minimum atomic E-state index is -0.811. The third-order valence-electron chi connectivity index (χ3n) is 2.63. The molecule has 1 saturated heterocycles. The van der Waals surface area contributed by atoms with Crippen molar-refractivity contribution in [2.75, 3.05) is 19.7 Å². The van der Waals surface area contributed by atoms with Crippen molar-refractivity contribution in [2.45, 2.75) is 19.3 Å². The second-order valence-corrected chi connectivity index (χ2v) is 3.60. The molecule has 1 fully saturated rings. The molecular formula is C10H17NO3. The van der Waals surface area contributed by atoms with Crippen molar-refractivity contribution in [3.63, 3.8) is 0 Å². The molecule has 0 atom stereocenters. The zero-order valence-electron chi connectivity index (χ0n) is 8.22. The Kier molecular flexibility index (Phi) is 4.46. The highest BCUT2D eigenvalue weighted by Crippen LogP contribution is 2.20. The first-order chi connectivity index (χ1) is 6.74. The van der Waals surface area contributed by atoms with Crippen molar-refractivity contribution in [3.05, 3.63) is 12.2 Å². The van der Waals surface area contributed by atoms with Gasteiger partial charge in [0.2, 0.25) is 0 Å². The second kappa shape index (κ2) is 5.65. The molecule has 0 saturated carbocycles. The van der Waals surface area contributed by atoms with Gasteiger partial charge in [-0.1, -0.05) is 12.2 Å². The number of hydrogen-bond acceptors (Lipinski definition) is 2. The smallest absolute Gasteiger partial charge is 0.407 e. The number of amides is 1. The Bertz CT molecular complexity index is 207. The Labute approximate surface area is 83.8 Å². The predicted molar refractivity (Wildman–Crippen MR) is 53.2 cm³/mol. The Balaban J connectivity index is 2.22. The monoisotopic (exact) mass is 199 g/mol. The lowest BCUT2D eigenvalue weighted by molar-refractivity contribution is 0.125. The number of carbonyl (C=O) groups is 1. The standard InChI is InChI=1S/C10H17NO3/c12-8-2-1-3-9-4-6-11(7-5-9)10(13)14/h1-2,9,12H,3-8H2,(H,13,14)/b2-1-.